The second-order valence-corrected chi connectivity index (χ2v) is 14.0. The number of carbonyl (C=O) groups excluding carboxylic acids is 3. The van der Waals surface area contributed by atoms with E-state index in [-0.39, 0.29) is 56.0 Å². The van der Waals surface area contributed by atoms with Crippen molar-refractivity contribution in [1.82, 2.24) is 9.80 Å². The fourth-order valence-electron chi connectivity index (χ4n) is 6.63. The van der Waals surface area contributed by atoms with Crippen LogP contribution >= 0.6 is 0 Å². The molecule has 0 aliphatic carbocycles. The summed E-state index contributed by atoms with van der Waals surface area (Å²) in [6.45, 7) is 6.52. The molecule has 0 fully saturated rings. The highest BCUT2D eigenvalue weighted by atomic mass is 16.7. The Morgan fingerprint density at radius 2 is 1.63 bits per heavy atom. The Labute approximate surface area is 315 Å². The first-order valence-corrected chi connectivity index (χ1v) is 18.4. The second kappa shape index (κ2) is 17.5. The molecule has 4 aromatic carbocycles. The highest BCUT2D eigenvalue weighted by Gasteiger charge is 2.31. The zero-order chi connectivity index (χ0) is 38.2. The molecular weight excluding hydrogens is 690 g/mol. The number of aliphatic hydroxyl groups is 1. The van der Waals surface area contributed by atoms with Crippen molar-refractivity contribution < 1.29 is 38.4 Å². The van der Waals surface area contributed by atoms with Crippen LogP contribution in [-0.2, 0) is 4.74 Å². The summed E-state index contributed by atoms with van der Waals surface area (Å²) in [6.07, 6.45) is 1.70. The third kappa shape index (κ3) is 9.33. The molecule has 54 heavy (non-hydrogen) atoms. The van der Waals surface area contributed by atoms with E-state index in [1.807, 2.05) is 56.3 Å². The zero-order valence-electron chi connectivity index (χ0n) is 31.2. The van der Waals surface area contributed by atoms with Crippen molar-refractivity contribution >= 4 is 45.8 Å². The molecule has 0 aromatic heterocycles. The SMILES string of the molecule is C[C@H](CO)N1C[C@H](C)[C@H](CN(C)C(=O)Nc2cccc3ccccc23)OCCCC[C@H](C)Oc2ccc(NC(=O)Nc3ccc4c(c3)OCO4)cc2C1=O. The Morgan fingerprint density at radius 3 is 2.43 bits per heavy atom. The van der Waals surface area contributed by atoms with Gasteiger partial charge in [0.1, 0.15) is 5.75 Å². The summed E-state index contributed by atoms with van der Waals surface area (Å²) in [6, 6.07) is 22.4. The summed E-state index contributed by atoms with van der Waals surface area (Å²) in [7, 11) is 1.73. The van der Waals surface area contributed by atoms with Gasteiger partial charge in [0.15, 0.2) is 11.5 Å². The van der Waals surface area contributed by atoms with Crippen LogP contribution in [0, 0.1) is 5.92 Å². The van der Waals surface area contributed by atoms with Crippen molar-refractivity contribution in [3.63, 3.8) is 0 Å². The molecular formula is C41H49N5O8. The van der Waals surface area contributed by atoms with Gasteiger partial charge in [-0.15, -0.1) is 0 Å². The van der Waals surface area contributed by atoms with Crippen molar-refractivity contribution in [2.24, 2.45) is 5.92 Å². The minimum absolute atomic E-state index is 0.119. The van der Waals surface area contributed by atoms with Gasteiger partial charge >= 0.3 is 12.1 Å². The molecule has 0 saturated carbocycles. The molecule has 0 spiro atoms. The third-order valence-corrected chi connectivity index (χ3v) is 9.77. The lowest BCUT2D eigenvalue weighted by Gasteiger charge is -2.35. The van der Waals surface area contributed by atoms with Crippen LogP contribution in [0.25, 0.3) is 10.8 Å². The van der Waals surface area contributed by atoms with Crippen molar-refractivity contribution in [1.29, 1.82) is 0 Å². The van der Waals surface area contributed by atoms with Crippen LogP contribution in [0.1, 0.15) is 50.4 Å². The quantitative estimate of drug-likeness (QED) is 0.156. The predicted molar refractivity (Wildman–Crippen MR) is 208 cm³/mol. The van der Waals surface area contributed by atoms with Crippen LogP contribution in [0.2, 0.25) is 0 Å². The Kier molecular flexibility index (Phi) is 12.4. The number of nitrogens with one attached hydrogen (secondary N) is 3. The van der Waals surface area contributed by atoms with Crippen molar-refractivity contribution in [2.45, 2.75) is 58.3 Å². The molecule has 13 heteroatoms. The van der Waals surface area contributed by atoms with Gasteiger partial charge in [0, 0.05) is 55.5 Å². The second-order valence-electron chi connectivity index (χ2n) is 14.0. The average molecular weight is 740 g/mol. The summed E-state index contributed by atoms with van der Waals surface area (Å²) >= 11 is 0. The first kappa shape index (κ1) is 38.2. The van der Waals surface area contributed by atoms with Crippen LogP contribution < -0.4 is 30.2 Å². The van der Waals surface area contributed by atoms with E-state index in [1.165, 1.54) is 0 Å². The van der Waals surface area contributed by atoms with Gasteiger partial charge in [-0.05, 0) is 74.9 Å². The third-order valence-electron chi connectivity index (χ3n) is 9.77. The molecule has 2 heterocycles. The van der Waals surface area contributed by atoms with E-state index in [0.29, 0.717) is 40.9 Å². The standard InChI is InChI=1S/C41H49N5O8/c1-26-22-46(27(2)24-47)39(48)33-20-30(42-40(49)43-31-16-18-36-37(21-31)53-25-52-36)15-17-35(33)54-28(3)10-7-8-19-51-38(26)23-45(4)41(50)44-34-14-9-12-29-11-5-6-13-32(29)34/h5-6,9,11-18,20-21,26-28,38,47H,7-8,10,19,22-25H2,1-4H3,(H,44,50)(H2,42,43,49)/t26-,27+,28-,38-/m0/s1. The Bertz CT molecular complexity index is 1950. The van der Waals surface area contributed by atoms with E-state index in [4.69, 9.17) is 18.9 Å². The summed E-state index contributed by atoms with van der Waals surface area (Å²) in [5, 5.41) is 20.9. The Morgan fingerprint density at radius 1 is 0.907 bits per heavy atom. The molecule has 2 aliphatic rings. The smallest absolute Gasteiger partial charge is 0.323 e. The molecule has 0 unspecified atom stereocenters. The Balaban J connectivity index is 1.20. The molecule has 4 atom stereocenters. The lowest BCUT2D eigenvalue weighted by Crippen LogP contribution is -2.48. The number of nitrogens with zero attached hydrogens (tertiary/aromatic N) is 2. The van der Waals surface area contributed by atoms with Gasteiger partial charge in [0.2, 0.25) is 6.79 Å². The lowest BCUT2D eigenvalue weighted by molar-refractivity contribution is -0.0115. The van der Waals surface area contributed by atoms with E-state index in [9.17, 15) is 19.5 Å². The molecule has 13 nitrogen and oxygen atoms in total. The maximum absolute atomic E-state index is 14.5. The van der Waals surface area contributed by atoms with Gasteiger partial charge in [0.05, 0.1) is 36.1 Å². The van der Waals surface area contributed by atoms with Gasteiger partial charge in [-0.25, -0.2) is 9.59 Å². The molecule has 0 saturated heterocycles. The number of carbonyl (C=O) groups is 3. The average Bonchev–Trinajstić information content (AvgIpc) is 3.64. The summed E-state index contributed by atoms with van der Waals surface area (Å²) < 4.78 is 23.5. The van der Waals surface area contributed by atoms with E-state index in [1.54, 1.807) is 60.2 Å². The maximum Gasteiger partial charge on any atom is 0.323 e. The number of rotatable bonds is 7. The van der Waals surface area contributed by atoms with Crippen molar-refractivity contribution in [3.05, 3.63) is 84.4 Å². The number of hydrogen-bond donors (Lipinski definition) is 4. The van der Waals surface area contributed by atoms with Crippen LogP contribution in [-0.4, -0.2) is 91.3 Å². The number of anilines is 3. The minimum Gasteiger partial charge on any atom is -0.490 e. The topological polar surface area (TPSA) is 151 Å². The van der Waals surface area contributed by atoms with E-state index < -0.39 is 18.2 Å². The fourth-order valence-corrected chi connectivity index (χ4v) is 6.63. The van der Waals surface area contributed by atoms with Gasteiger partial charge in [-0.3, -0.25) is 4.79 Å². The number of fused-ring (bicyclic) bond motifs is 3. The van der Waals surface area contributed by atoms with Gasteiger partial charge in [-0.1, -0.05) is 43.3 Å². The molecule has 0 radical (unpaired) electrons. The number of likely N-dealkylation sites (N-methyl/N-ethyl adjacent to an activating group) is 1. The van der Waals surface area contributed by atoms with Gasteiger partial charge < -0.3 is 49.8 Å². The lowest BCUT2D eigenvalue weighted by atomic mass is 10.0. The largest absolute Gasteiger partial charge is 0.490 e. The minimum atomic E-state index is -0.558. The monoisotopic (exact) mass is 739 g/mol. The number of amides is 5. The van der Waals surface area contributed by atoms with E-state index >= 15 is 0 Å². The number of aliphatic hydroxyl groups excluding tert-OH is 1. The van der Waals surface area contributed by atoms with Crippen molar-refractivity contribution in [2.75, 3.05) is 56.1 Å². The molecule has 0 bridgehead atoms. The van der Waals surface area contributed by atoms with Gasteiger partial charge in [-0.2, -0.15) is 0 Å². The molecule has 6 rings (SSSR count). The normalized spacial score (nSPS) is 19.5. The summed E-state index contributed by atoms with van der Waals surface area (Å²) in [4.78, 5) is 44.3. The van der Waals surface area contributed by atoms with E-state index in [0.717, 1.165) is 30.0 Å². The highest BCUT2D eigenvalue weighted by molar-refractivity contribution is 6.03. The van der Waals surface area contributed by atoms with Gasteiger partial charge in [0.25, 0.3) is 5.91 Å². The van der Waals surface area contributed by atoms with Crippen LogP contribution in [0.4, 0.5) is 26.7 Å². The number of benzene rings is 4. The Hall–Kier alpha value is -5.53. The molecule has 286 valence electrons. The zero-order valence-corrected chi connectivity index (χ0v) is 31.2. The molecule has 4 N–H and O–H groups in total. The summed E-state index contributed by atoms with van der Waals surface area (Å²) in [5.41, 5.74) is 1.85. The molecule has 2 aliphatic heterocycles. The highest BCUT2D eigenvalue weighted by Crippen LogP contribution is 2.34. The first-order chi connectivity index (χ1) is 26.1. The van der Waals surface area contributed by atoms with Crippen LogP contribution in [0.15, 0.2) is 78.9 Å². The van der Waals surface area contributed by atoms with Crippen LogP contribution in [0.5, 0.6) is 17.2 Å². The predicted octanol–water partition coefficient (Wildman–Crippen LogP) is 7.17. The maximum atomic E-state index is 14.5. The van der Waals surface area contributed by atoms with Crippen molar-refractivity contribution in [3.8, 4) is 17.2 Å². The number of ether oxygens (including phenoxy) is 4. The number of hydrogen-bond acceptors (Lipinski definition) is 8. The first-order valence-electron chi connectivity index (χ1n) is 18.4. The number of urea groups is 2. The molecule has 5 amide bonds. The summed E-state index contributed by atoms with van der Waals surface area (Å²) in [5.74, 6) is 0.903. The van der Waals surface area contributed by atoms with E-state index in [2.05, 4.69) is 16.0 Å². The molecule has 4 aromatic rings. The fraction of sp³-hybridized carbons (Fsp3) is 0.390. The van der Waals surface area contributed by atoms with Crippen LogP contribution in [0.3, 0.4) is 0 Å².